The van der Waals surface area contributed by atoms with E-state index < -0.39 is 5.54 Å². The first-order chi connectivity index (χ1) is 9.68. The number of hydrogen-bond donors (Lipinski definition) is 1. The maximum Gasteiger partial charge on any atom is 0.261 e. The summed E-state index contributed by atoms with van der Waals surface area (Å²) in [5.41, 5.74) is 6.47. The van der Waals surface area contributed by atoms with Crippen molar-refractivity contribution in [3.05, 3.63) is 24.0 Å². The van der Waals surface area contributed by atoms with Crippen LogP contribution in [0.2, 0.25) is 0 Å². The Morgan fingerprint density at radius 2 is 2.05 bits per heavy atom. The van der Waals surface area contributed by atoms with E-state index in [1.54, 1.807) is 14.2 Å². The molecule has 3 rings (SSSR count). The van der Waals surface area contributed by atoms with Crippen LogP contribution in [0.25, 0.3) is 11.5 Å². The van der Waals surface area contributed by atoms with Crippen LogP contribution in [0.1, 0.15) is 25.1 Å². The number of hydrogen-bond acceptors (Lipinski definition) is 6. The van der Waals surface area contributed by atoms with Crippen LogP contribution in [0.15, 0.2) is 22.7 Å². The molecule has 0 atom stereocenters. The van der Waals surface area contributed by atoms with Crippen molar-refractivity contribution >= 4 is 0 Å². The van der Waals surface area contributed by atoms with Crippen LogP contribution in [0.4, 0.5) is 0 Å². The highest BCUT2D eigenvalue weighted by Crippen LogP contribution is 2.40. The molecular formula is C14H17N3O3. The molecule has 2 aromatic rings. The molecule has 1 aromatic heterocycles. The van der Waals surface area contributed by atoms with E-state index in [4.69, 9.17) is 19.7 Å². The van der Waals surface area contributed by atoms with Crippen molar-refractivity contribution < 1.29 is 14.0 Å². The lowest BCUT2D eigenvalue weighted by atomic mass is 9.77. The summed E-state index contributed by atoms with van der Waals surface area (Å²) in [4.78, 5) is 4.42. The van der Waals surface area contributed by atoms with Gasteiger partial charge in [0.1, 0.15) is 0 Å². The second-order valence-corrected chi connectivity index (χ2v) is 4.97. The van der Waals surface area contributed by atoms with Gasteiger partial charge in [-0.1, -0.05) is 11.2 Å². The molecular weight excluding hydrogens is 258 g/mol. The number of nitrogens with zero attached hydrogens (tertiary/aromatic N) is 2. The highest BCUT2D eigenvalue weighted by molar-refractivity contribution is 5.67. The van der Waals surface area contributed by atoms with Crippen LogP contribution in [-0.2, 0) is 5.54 Å². The lowest BCUT2D eigenvalue weighted by Gasteiger charge is -2.34. The fourth-order valence-electron chi connectivity index (χ4n) is 2.37. The van der Waals surface area contributed by atoms with Crippen LogP contribution in [0.5, 0.6) is 11.5 Å². The molecule has 2 N–H and O–H groups in total. The number of nitrogens with two attached hydrogens (primary N) is 1. The Morgan fingerprint density at radius 1 is 1.25 bits per heavy atom. The van der Waals surface area contributed by atoms with E-state index in [2.05, 4.69) is 10.1 Å². The first kappa shape index (κ1) is 12.9. The maximum absolute atomic E-state index is 6.20. The molecule has 0 spiro atoms. The third-order valence-electron chi connectivity index (χ3n) is 3.75. The van der Waals surface area contributed by atoms with E-state index in [1.165, 1.54) is 0 Å². The highest BCUT2D eigenvalue weighted by Gasteiger charge is 2.39. The van der Waals surface area contributed by atoms with Crippen molar-refractivity contribution in [2.75, 3.05) is 14.2 Å². The Bertz CT molecular complexity index is 620. The average molecular weight is 275 g/mol. The van der Waals surface area contributed by atoms with Gasteiger partial charge in [-0.25, -0.2) is 0 Å². The lowest BCUT2D eigenvalue weighted by Crippen LogP contribution is -2.44. The first-order valence-electron chi connectivity index (χ1n) is 6.52. The Hall–Kier alpha value is -2.08. The minimum absolute atomic E-state index is 0.396. The number of methoxy groups -OCH3 is 2. The van der Waals surface area contributed by atoms with Crippen molar-refractivity contribution in [3.63, 3.8) is 0 Å². The van der Waals surface area contributed by atoms with Crippen LogP contribution < -0.4 is 15.2 Å². The Morgan fingerprint density at radius 3 is 2.65 bits per heavy atom. The standard InChI is InChI=1S/C14H17N3O3/c1-18-10-6-3-5-9(11(10)19-2)12-16-13(17-20-12)14(15)7-4-8-14/h3,5-6H,4,7-8,15H2,1-2H3. The van der Waals surface area contributed by atoms with Gasteiger partial charge in [-0.2, -0.15) is 4.98 Å². The summed E-state index contributed by atoms with van der Waals surface area (Å²) in [7, 11) is 3.17. The molecule has 1 fully saturated rings. The molecule has 6 nitrogen and oxygen atoms in total. The van der Waals surface area contributed by atoms with E-state index in [0.29, 0.717) is 28.8 Å². The zero-order valence-electron chi connectivity index (χ0n) is 11.5. The molecule has 0 unspecified atom stereocenters. The third kappa shape index (κ3) is 1.92. The smallest absolute Gasteiger partial charge is 0.261 e. The van der Waals surface area contributed by atoms with Crippen LogP contribution in [-0.4, -0.2) is 24.4 Å². The van der Waals surface area contributed by atoms with E-state index in [9.17, 15) is 0 Å². The molecule has 6 heteroatoms. The average Bonchev–Trinajstić information content (AvgIpc) is 2.93. The quantitative estimate of drug-likeness (QED) is 0.919. The second-order valence-electron chi connectivity index (χ2n) is 4.97. The number of benzene rings is 1. The van der Waals surface area contributed by atoms with Gasteiger partial charge in [0.05, 0.1) is 25.3 Å². The van der Waals surface area contributed by atoms with Crippen molar-refractivity contribution in [1.82, 2.24) is 10.1 Å². The van der Waals surface area contributed by atoms with Crippen LogP contribution in [0, 0.1) is 0 Å². The van der Waals surface area contributed by atoms with Gasteiger partial charge >= 0.3 is 0 Å². The molecule has 1 aromatic carbocycles. The molecule has 1 aliphatic carbocycles. The maximum atomic E-state index is 6.20. The first-order valence-corrected chi connectivity index (χ1v) is 6.52. The summed E-state index contributed by atoms with van der Waals surface area (Å²) in [6.07, 6.45) is 2.88. The molecule has 0 aliphatic heterocycles. The predicted octanol–water partition coefficient (Wildman–Crippen LogP) is 2.09. The SMILES string of the molecule is COc1cccc(-c2nc(C3(N)CCC3)no2)c1OC. The number of aromatic nitrogens is 2. The summed E-state index contributed by atoms with van der Waals surface area (Å²) >= 11 is 0. The van der Waals surface area contributed by atoms with Gasteiger partial charge in [0, 0.05) is 0 Å². The molecule has 1 heterocycles. The van der Waals surface area contributed by atoms with Crippen molar-refractivity contribution in [2.24, 2.45) is 5.73 Å². The fraction of sp³-hybridized carbons (Fsp3) is 0.429. The van der Waals surface area contributed by atoms with Gasteiger partial charge in [0.15, 0.2) is 17.3 Å². The molecule has 0 amide bonds. The second kappa shape index (κ2) is 4.79. The minimum atomic E-state index is -0.437. The summed E-state index contributed by atoms with van der Waals surface area (Å²) in [5.74, 6) is 2.15. The Labute approximate surface area is 116 Å². The number of rotatable bonds is 4. The molecule has 20 heavy (non-hydrogen) atoms. The monoisotopic (exact) mass is 275 g/mol. The number of ether oxygens (including phenoxy) is 2. The summed E-state index contributed by atoms with van der Waals surface area (Å²) in [5, 5.41) is 4.01. The van der Waals surface area contributed by atoms with Crippen LogP contribution >= 0.6 is 0 Å². The van der Waals surface area contributed by atoms with E-state index in [0.717, 1.165) is 19.3 Å². The van der Waals surface area contributed by atoms with Gasteiger partial charge in [0.2, 0.25) is 0 Å². The van der Waals surface area contributed by atoms with E-state index >= 15 is 0 Å². The summed E-state index contributed by atoms with van der Waals surface area (Å²) < 4.78 is 16.0. The fourth-order valence-corrected chi connectivity index (χ4v) is 2.37. The van der Waals surface area contributed by atoms with Crippen molar-refractivity contribution in [1.29, 1.82) is 0 Å². The molecule has 1 aliphatic rings. The van der Waals surface area contributed by atoms with E-state index in [-0.39, 0.29) is 0 Å². The topological polar surface area (TPSA) is 83.4 Å². The van der Waals surface area contributed by atoms with Crippen molar-refractivity contribution in [3.8, 4) is 23.0 Å². The van der Waals surface area contributed by atoms with Gasteiger partial charge in [-0.15, -0.1) is 0 Å². The summed E-state index contributed by atoms with van der Waals surface area (Å²) in [6, 6.07) is 5.51. The summed E-state index contributed by atoms with van der Waals surface area (Å²) in [6.45, 7) is 0. The predicted molar refractivity (Wildman–Crippen MR) is 72.6 cm³/mol. The highest BCUT2D eigenvalue weighted by atomic mass is 16.5. The Balaban J connectivity index is 2.01. The Kier molecular flexibility index (Phi) is 3.10. The third-order valence-corrected chi connectivity index (χ3v) is 3.75. The van der Waals surface area contributed by atoms with Crippen LogP contribution in [0.3, 0.4) is 0 Å². The van der Waals surface area contributed by atoms with Gasteiger partial charge in [0.25, 0.3) is 5.89 Å². The zero-order valence-corrected chi connectivity index (χ0v) is 11.5. The molecule has 0 radical (unpaired) electrons. The van der Waals surface area contributed by atoms with Gasteiger partial charge in [-0.3, -0.25) is 0 Å². The molecule has 1 saturated carbocycles. The molecule has 0 bridgehead atoms. The molecule has 0 saturated heterocycles. The normalized spacial score (nSPS) is 16.6. The van der Waals surface area contributed by atoms with Crippen molar-refractivity contribution in [2.45, 2.75) is 24.8 Å². The lowest BCUT2D eigenvalue weighted by molar-refractivity contribution is 0.229. The molecule has 106 valence electrons. The minimum Gasteiger partial charge on any atom is -0.493 e. The number of para-hydroxylation sites is 1. The van der Waals surface area contributed by atoms with E-state index in [1.807, 2.05) is 18.2 Å². The van der Waals surface area contributed by atoms with Gasteiger partial charge < -0.3 is 19.7 Å². The largest absolute Gasteiger partial charge is 0.493 e. The van der Waals surface area contributed by atoms with Gasteiger partial charge in [-0.05, 0) is 31.4 Å². The zero-order chi connectivity index (χ0) is 14.2.